The van der Waals surface area contributed by atoms with Gasteiger partial charge in [0.2, 0.25) is 5.91 Å². The van der Waals surface area contributed by atoms with E-state index in [1.165, 1.54) is 0 Å². The minimum absolute atomic E-state index is 0.00882. The van der Waals surface area contributed by atoms with Crippen molar-refractivity contribution in [1.82, 2.24) is 15.8 Å². The van der Waals surface area contributed by atoms with Crippen molar-refractivity contribution in [3.05, 3.63) is 60.2 Å². The lowest BCUT2D eigenvalue weighted by Gasteiger charge is -2.19. The Labute approximate surface area is 158 Å². The van der Waals surface area contributed by atoms with Crippen LogP contribution in [0.4, 0.5) is 0 Å². The third-order valence-corrected chi connectivity index (χ3v) is 4.58. The van der Waals surface area contributed by atoms with Gasteiger partial charge in [-0.15, -0.1) is 0 Å². The average molecular weight is 365 g/mol. The molecule has 3 amide bonds. The van der Waals surface area contributed by atoms with Gasteiger partial charge in [0.1, 0.15) is 6.54 Å². The monoisotopic (exact) mass is 365 g/mol. The maximum atomic E-state index is 12.2. The highest BCUT2D eigenvalue weighted by molar-refractivity contribution is 5.96. The molecule has 2 N–H and O–H groups in total. The first kappa shape index (κ1) is 18.6. The van der Waals surface area contributed by atoms with Gasteiger partial charge >= 0.3 is 0 Å². The van der Waals surface area contributed by atoms with Gasteiger partial charge in [-0.1, -0.05) is 48.9 Å². The highest BCUT2D eigenvalue weighted by Gasteiger charge is 2.19. The third-order valence-electron chi connectivity index (χ3n) is 4.58. The fourth-order valence-corrected chi connectivity index (χ4v) is 3.06. The SMILES string of the molecule is O=C(CN1CCCCCC1=O)NNC(=O)c1ccc(-c2ccccc2)cc1. The Kier molecular flexibility index (Phi) is 6.20. The van der Waals surface area contributed by atoms with E-state index in [1.807, 2.05) is 42.5 Å². The molecule has 1 aliphatic heterocycles. The van der Waals surface area contributed by atoms with Crippen molar-refractivity contribution in [3.63, 3.8) is 0 Å². The number of nitrogens with one attached hydrogen (secondary N) is 2. The molecule has 0 saturated carbocycles. The Hall–Kier alpha value is -3.15. The molecule has 2 aromatic carbocycles. The van der Waals surface area contributed by atoms with E-state index in [1.54, 1.807) is 17.0 Å². The number of hydrogen-bond donors (Lipinski definition) is 2. The van der Waals surface area contributed by atoms with Crippen LogP contribution >= 0.6 is 0 Å². The molecule has 0 spiro atoms. The molecule has 0 aliphatic carbocycles. The summed E-state index contributed by atoms with van der Waals surface area (Å²) in [6.07, 6.45) is 3.25. The van der Waals surface area contributed by atoms with Gasteiger partial charge in [-0.2, -0.15) is 0 Å². The van der Waals surface area contributed by atoms with Crippen LogP contribution in [0.2, 0.25) is 0 Å². The lowest BCUT2D eigenvalue weighted by Crippen LogP contribution is -2.47. The molecule has 1 heterocycles. The Balaban J connectivity index is 1.51. The molecule has 2 aromatic rings. The number of carbonyl (C=O) groups excluding carboxylic acids is 3. The number of carbonyl (C=O) groups is 3. The summed E-state index contributed by atoms with van der Waals surface area (Å²) in [5.74, 6) is -0.810. The minimum Gasteiger partial charge on any atom is -0.333 e. The van der Waals surface area contributed by atoms with Gasteiger partial charge in [-0.3, -0.25) is 25.2 Å². The first-order chi connectivity index (χ1) is 13.1. The number of amides is 3. The second-order valence-corrected chi connectivity index (χ2v) is 6.57. The topological polar surface area (TPSA) is 78.5 Å². The summed E-state index contributed by atoms with van der Waals surface area (Å²) in [4.78, 5) is 37.7. The molecular weight excluding hydrogens is 342 g/mol. The molecule has 0 atom stereocenters. The van der Waals surface area contributed by atoms with E-state index >= 15 is 0 Å². The maximum absolute atomic E-state index is 12.2. The van der Waals surface area contributed by atoms with Gasteiger partial charge in [-0.05, 0) is 36.1 Å². The normalized spacial score (nSPS) is 14.4. The van der Waals surface area contributed by atoms with Crippen LogP contribution in [-0.2, 0) is 9.59 Å². The van der Waals surface area contributed by atoms with E-state index < -0.39 is 11.8 Å². The fraction of sp³-hybridized carbons (Fsp3) is 0.286. The fourth-order valence-electron chi connectivity index (χ4n) is 3.06. The van der Waals surface area contributed by atoms with Crippen molar-refractivity contribution < 1.29 is 14.4 Å². The van der Waals surface area contributed by atoms with Crippen LogP contribution in [-0.4, -0.2) is 35.7 Å². The first-order valence-electron chi connectivity index (χ1n) is 9.16. The summed E-state index contributed by atoms with van der Waals surface area (Å²) in [5, 5.41) is 0. The van der Waals surface area contributed by atoms with Crippen molar-refractivity contribution in [3.8, 4) is 11.1 Å². The molecule has 1 fully saturated rings. The Bertz CT molecular complexity index is 803. The molecule has 0 bridgehead atoms. The largest absolute Gasteiger partial charge is 0.333 e. The van der Waals surface area contributed by atoms with Gasteiger partial charge in [0, 0.05) is 18.5 Å². The third kappa shape index (κ3) is 5.17. The number of hydrogen-bond acceptors (Lipinski definition) is 3. The van der Waals surface area contributed by atoms with Gasteiger partial charge in [-0.25, -0.2) is 0 Å². The summed E-state index contributed by atoms with van der Waals surface area (Å²) in [5.41, 5.74) is 7.31. The molecule has 1 saturated heterocycles. The number of nitrogens with zero attached hydrogens (tertiary/aromatic N) is 1. The van der Waals surface area contributed by atoms with E-state index in [2.05, 4.69) is 10.9 Å². The Morgan fingerprint density at radius 2 is 1.56 bits per heavy atom. The van der Waals surface area contributed by atoms with Gasteiger partial charge < -0.3 is 4.90 Å². The smallest absolute Gasteiger partial charge is 0.269 e. The Morgan fingerprint density at radius 1 is 0.852 bits per heavy atom. The molecule has 140 valence electrons. The van der Waals surface area contributed by atoms with Crippen molar-refractivity contribution >= 4 is 17.7 Å². The predicted octanol–water partition coefficient (Wildman–Crippen LogP) is 2.52. The molecule has 27 heavy (non-hydrogen) atoms. The van der Waals surface area contributed by atoms with Crippen LogP contribution in [0.25, 0.3) is 11.1 Å². The summed E-state index contributed by atoms with van der Waals surface area (Å²) in [6.45, 7) is 0.549. The average Bonchev–Trinajstić information content (AvgIpc) is 2.91. The molecule has 6 nitrogen and oxygen atoms in total. The van der Waals surface area contributed by atoms with E-state index in [-0.39, 0.29) is 12.5 Å². The van der Waals surface area contributed by atoms with Crippen LogP contribution < -0.4 is 10.9 Å². The number of hydrazine groups is 1. The lowest BCUT2D eigenvalue weighted by molar-refractivity contribution is -0.135. The van der Waals surface area contributed by atoms with E-state index in [4.69, 9.17) is 0 Å². The van der Waals surface area contributed by atoms with Crippen LogP contribution in [0.5, 0.6) is 0 Å². The molecule has 0 aromatic heterocycles. The van der Waals surface area contributed by atoms with Gasteiger partial charge in [0.05, 0.1) is 0 Å². The summed E-state index contributed by atoms with van der Waals surface area (Å²) in [7, 11) is 0. The molecule has 0 unspecified atom stereocenters. The van der Waals surface area contributed by atoms with Crippen molar-refractivity contribution in [1.29, 1.82) is 0 Å². The number of rotatable bonds is 4. The zero-order chi connectivity index (χ0) is 19.1. The lowest BCUT2D eigenvalue weighted by atomic mass is 10.0. The summed E-state index contributed by atoms with van der Waals surface area (Å²) >= 11 is 0. The molecular formula is C21H23N3O3. The molecule has 1 aliphatic rings. The van der Waals surface area contributed by atoms with Gasteiger partial charge in [0.15, 0.2) is 0 Å². The maximum Gasteiger partial charge on any atom is 0.269 e. The van der Waals surface area contributed by atoms with Crippen molar-refractivity contribution in [2.24, 2.45) is 0 Å². The highest BCUT2D eigenvalue weighted by atomic mass is 16.2. The zero-order valence-corrected chi connectivity index (χ0v) is 15.1. The molecule has 0 radical (unpaired) electrons. The van der Waals surface area contributed by atoms with Crippen molar-refractivity contribution in [2.75, 3.05) is 13.1 Å². The van der Waals surface area contributed by atoms with Gasteiger partial charge in [0.25, 0.3) is 11.8 Å². The van der Waals surface area contributed by atoms with Crippen LogP contribution in [0.3, 0.4) is 0 Å². The molecule has 6 heteroatoms. The highest BCUT2D eigenvalue weighted by Crippen LogP contribution is 2.19. The van der Waals surface area contributed by atoms with E-state index in [0.717, 1.165) is 30.4 Å². The second-order valence-electron chi connectivity index (χ2n) is 6.57. The second kappa shape index (κ2) is 8.98. The molecule has 3 rings (SSSR count). The first-order valence-corrected chi connectivity index (χ1v) is 9.16. The Morgan fingerprint density at radius 3 is 2.30 bits per heavy atom. The van der Waals surface area contributed by atoms with E-state index in [9.17, 15) is 14.4 Å². The van der Waals surface area contributed by atoms with Crippen molar-refractivity contribution in [2.45, 2.75) is 25.7 Å². The number of benzene rings is 2. The zero-order valence-electron chi connectivity index (χ0n) is 15.1. The summed E-state index contributed by atoms with van der Waals surface area (Å²) < 4.78 is 0. The predicted molar refractivity (Wildman–Crippen MR) is 103 cm³/mol. The standard InChI is InChI=1S/C21H23N3O3/c25-19(15-24-14-6-2-5-9-20(24)26)22-23-21(27)18-12-10-17(11-13-18)16-7-3-1-4-8-16/h1,3-4,7-8,10-13H,2,5-6,9,14-15H2,(H,22,25)(H,23,27). The van der Waals surface area contributed by atoms with Crippen LogP contribution in [0.1, 0.15) is 36.0 Å². The van der Waals surface area contributed by atoms with E-state index in [0.29, 0.717) is 18.5 Å². The number of likely N-dealkylation sites (tertiary alicyclic amines) is 1. The quantitative estimate of drug-likeness (QED) is 0.817. The summed E-state index contributed by atoms with van der Waals surface area (Å²) in [6, 6.07) is 17.0. The van der Waals surface area contributed by atoms with Crippen LogP contribution in [0.15, 0.2) is 54.6 Å². The minimum atomic E-state index is -0.403. The van der Waals surface area contributed by atoms with Crippen LogP contribution in [0, 0.1) is 0 Å².